The van der Waals surface area contributed by atoms with Crippen LogP contribution in [0.2, 0.25) is 0 Å². The van der Waals surface area contributed by atoms with Crippen molar-refractivity contribution in [3.05, 3.63) is 89.3 Å². The Bertz CT molecular complexity index is 939. The molecule has 3 rings (SSSR count). The van der Waals surface area contributed by atoms with E-state index < -0.39 is 29.4 Å². The number of carbonyl (C=O) groups excluding carboxylic acids is 1. The van der Waals surface area contributed by atoms with Gasteiger partial charge in [-0.2, -0.15) is 0 Å². The molecule has 1 N–H and O–H groups in total. The second kappa shape index (κ2) is 7.43. The summed E-state index contributed by atoms with van der Waals surface area (Å²) in [5, 5.41) is 2.72. The third-order valence-corrected chi connectivity index (χ3v) is 4.01. The van der Waals surface area contributed by atoms with E-state index >= 15 is 0 Å². The largest absolute Gasteiger partial charge is 0.342 e. The molecule has 1 aromatic heterocycles. The van der Waals surface area contributed by atoms with Crippen LogP contribution < -0.4 is 5.32 Å². The molecule has 0 spiro atoms. The van der Waals surface area contributed by atoms with Crippen LogP contribution in [0.15, 0.2) is 54.9 Å². The van der Waals surface area contributed by atoms with Crippen LogP contribution in [0.1, 0.15) is 23.0 Å². The minimum Gasteiger partial charge on any atom is -0.342 e. The van der Waals surface area contributed by atoms with Gasteiger partial charge in [-0.3, -0.25) is 4.79 Å². The fraction of sp³-hybridized carbons (Fsp3) is 0.158. The van der Waals surface area contributed by atoms with E-state index in [-0.39, 0.29) is 12.0 Å². The minimum absolute atomic E-state index is 0.183. The molecule has 7 heteroatoms. The minimum atomic E-state index is -1.02. The van der Waals surface area contributed by atoms with Gasteiger partial charge in [-0.25, -0.2) is 18.2 Å². The number of halogens is 3. The highest BCUT2D eigenvalue weighted by Gasteiger charge is 2.22. The summed E-state index contributed by atoms with van der Waals surface area (Å²) in [5.41, 5.74) is 0.578. The first-order valence-corrected chi connectivity index (χ1v) is 7.90. The number of amides is 1. The topological polar surface area (TPSA) is 46.9 Å². The molecular formula is C19H16F3N3O. The zero-order valence-corrected chi connectivity index (χ0v) is 13.9. The number of rotatable bonds is 5. The Morgan fingerprint density at radius 3 is 2.54 bits per heavy atom. The molecule has 1 heterocycles. The highest BCUT2D eigenvalue weighted by atomic mass is 19.2. The van der Waals surface area contributed by atoms with E-state index in [9.17, 15) is 18.0 Å². The number of nitrogens with zero attached hydrogens (tertiary/aromatic N) is 2. The van der Waals surface area contributed by atoms with E-state index in [1.54, 1.807) is 23.9 Å². The van der Waals surface area contributed by atoms with Crippen LogP contribution in [-0.2, 0) is 18.3 Å². The normalized spacial score (nSPS) is 12.0. The molecule has 1 amide bonds. The van der Waals surface area contributed by atoms with Crippen molar-refractivity contribution >= 4 is 5.91 Å². The van der Waals surface area contributed by atoms with Crippen LogP contribution in [0.25, 0.3) is 0 Å². The summed E-state index contributed by atoms with van der Waals surface area (Å²) in [7, 11) is 1.72. The van der Waals surface area contributed by atoms with Gasteiger partial charge in [-0.1, -0.05) is 24.3 Å². The predicted molar refractivity (Wildman–Crippen MR) is 89.7 cm³/mol. The summed E-state index contributed by atoms with van der Waals surface area (Å²) >= 11 is 0. The smallest absolute Gasteiger partial charge is 0.225 e. The third kappa shape index (κ3) is 3.77. The van der Waals surface area contributed by atoms with E-state index in [1.807, 2.05) is 0 Å². The van der Waals surface area contributed by atoms with E-state index in [0.717, 1.165) is 12.1 Å². The SMILES string of the molecule is Cn1ccnc1C(NC(=O)Cc1ccccc1F)c1ccc(F)c(F)c1. The lowest BCUT2D eigenvalue weighted by atomic mass is 10.0. The molecule has 0 fully saturated rings. The summed E-state index contributed by atoms with van der Waals surface area (Å²) in [4.78, 5) is 16.6. The quantitative estimate of drug-likeness (QED) is 0.760. The molecule has 0 saturated heterocycles. The molecule has 0 bridgehead atoms. The predicted octanol–water partition coefficient (Wildman–Crippen LogP) is 3.29. The Balaban J connectivity index is 1.89. The summed E-state index contributed by atoms with van der Waals surface area (Å²) < 4.78 is 42.3. The molecule has 2 aromatic carbocycles. The van der Waals surface area contributed by atoms with Crippen molar-refractivity contribution in [3.63, 3.8) is 0 Å². The number of hydrogen-bond donors (Lipinski definition) is 1. The van der Waals surface area contributed by atoms with Gasteiger partial charge in [0, 0.05) is 19.4 Å². The highest BCUT2D eigenvalue weighted by Crippen LogP contribution is 2.22. The zero-order valence-electron chi connectivity index (χ0n) is 13.9. The Morgan fingerprint density at radius 1 is 1.12 bits per heavy atom. The maximum absolute atomic E-state index is 13.8. The van der Waals surface area contributed by atoms with Gasteiger partial charge in [-0.05, 0) is 29.3 Å². The number of aromatic nitrogens is 2. The van der Waals surface area contributed by atoms with Crippen molar-refractivity contribution in [3.8, 4) is 0 Å². The van der Waals surface area contributed by atoms with E-state index in [1.165, 1.54) is 30.5 Å². The monoisotopic (exact) mass is 359 g/mol. The summed E-state index contributed by atoms with van der Waals surface area (Å²) in [5.74, 6) is -2.51. The molecule has 0 radical (unpaired) electrons. The lowest BCUT2D eigenvalue weighted by molar-refractivity contribution is -0.121. The number of carbonyl (C=O) groups is 1. The van der Waals surface area contributed by atoms with Gasteiger partial charge in [-0.15, -0.1) is 0 Å². The van der Waals surface area contributed by atoms with E-state index in [0.29, 0.717) is 11.4 Å². The standard InChI is InChI=1S/C19H16F3N3O/c1-25-9-8-23-19(25)18(13-6-7-15(21)16(22)10-13)24-17(26)11-12-4-2-3-5-14(12)20/h2-10,18H,11H2,1H3,(H,24,26). The molecule has 0 saturated carbocycles. The molecule has 0 aliphatic rings. The van der Waals surface area contributed by atoms with Gasteiger partial charge in [0.25, 0.3) is 0 Å². The maximum atomic E-state index is 13.8. The summed E-state index contributed by atoms with van der Waals surface area (Å²) in [6, 6.07) is 8.54. The van der Waals surface area contributed by atoms with E-state index in [2.05, 4.69) is 10.3 Å². The fourth-order valence-corrected chi connectivity index (χ4v) is 2.67. The van der Waals surface area contributed by atoms with Crippen molar-refractivity contribution < 1.29 is 18.0 Å². The summed E-state index contributed by atoms with van der Waals surface area (Å²) in [6.07, 6.45) is 3.02. The third-order valence-electron chi connectivity index (χ3n) is 4.01. The van der Waals surface area contributed by atoms with Crippen LogP contribution in [0.5, 0.6) is 0 Å². The number of hydrogen-bond acceptors (Lipinski definition) is 2. The lowest BCUT2D eigenvalue weighted by Gasteiger charge is -2.19. The van der Waals surface area contributed by atoms with Crippen LogP contribution in [0.4, 0.5) is 13.2 Å². The van der Waals surface area contributed by atoms with Crippen molar-refractivity contribution in [2.45, 2.75) is 12.5 Å². The van der Waals surface area contributed by atoms with E-state index in [4.69, 9.17) is 0 Å². The van der Waals surface area contributed by atoms with Gasteiger partial charge in [0.2, 0.25) is 5.91 Å². The molecule has 134 valence electrons. The lowest BCUT2D eigenvalue weighted by Crippen LogP contribution is -2.32. The molecule has 0 aliphatic heterocycles. The molecule has 4 nitrogen and oxygen atoms in total. The number of benzene rings is 2. The Hall–Kier alpha value is -3.09. The Labute approximate surface area is 148 Å². The molecule has 1 unspecified atom stereocenters. The van der Waals surface area contributed by atoms with Crippen molar-refractivity contribution in [2.24, 2.45) is 7.05 Å². The fourth-order valence-electron chi connectivity index (χ4n) is 2.67. The summed E-state index contributed by atoms with van der Waals surface area (Å²) in [6.45, 7) is 0. The van der Waals surface area contributed by atoms with Crippen molar-refractivity contribution in [1.29, 1.82) is 0 Å². The zero-order chi connectivity index (χ0) is 18.7. The van der Waals surface area contributed by atoms with Gasteiger partial charge in [0.05, 0.1) is 6.42 Å². The average molecular weight is 359 g/mol. The van der Waals surface area contributed by atoms with Gasteiger partial charge >= 0.3 is 0 Å². The first-order chi connectivity index (χ1) is 12.5. The second-order valence-corrected chi connectivity index (χ2v) is 5.84. The Morgan fingerprint density at radius 2 is 1.88 bits per heavy atom. The van der Waals surface area contributed by atoms with Crippen molar-refractivity contribution in [2.75, 3.05) is 0 Å². The van der Waals surface area contributed by atoms with Gasteiger partial charge < -0.3 is 9.88 Å². The van der Waals surface area contributed by atoms with Crippen LogP contribution in [-0.4, -0.2) is 15.5 Å². The number of nitrogens with one attached hydrogen (secondary N) is 1. The molecular weight excluding hydrogens is 343 g/mol. The van der Waals surface area contributed by atoms with Crippen molar-refractivity contribution in [1.82, 2.24) is 14.9 Å². The Kier molecular flexibility index (Phi) is 5.06. The number of aryl methyl sites for hydroxylation is 1. The molecule has 3 aromatic rings. The number of imidazole rings is 1. The first-order valence-electron chi connectivity index (χ1n) is 7.90. The van der Waals surface area contributed by atoms with Crippen LogP contribution >= 0.6 is 0 Å². The first kappa shape index (κ1) is 17.7. The average Bonchev–Trinajstić information content (AvgIpc) is 3.03. The second-order valence-electron chi connectivity index (χ2n) is 5.84. The molecule has 26 heavy (non-hydrogen) atoms. The maximum Gasteiger partial charge on any atom is 0.225 e. The van der Waals surface area contributed by atoms with Crippen LogP contribution in [0.3, 0.4) is 0 Å². The molecule has 0 aliphatic carbocycles. The highest BCUT2D eigenvalue weighted by molar-refractivity contribution is 5.79. The van der Waals surface area contributed by atoms with Gasteiger partial charge in [0.15, 0.2) is 11.6 Å². The molecule has 1 atom stereocenters. The van der Waals surface area contributed by atoms with Crippen LogP contribution in [0, 0.1) is 17.5 Å². The van der Waals surface area contributed by atoms with Gasteiger partial charge in [0.1, 0.15) is 17.7 Å².